The van der Waals surface area contributed by atoms with E-state index in [1.807, 2.05) is 11.3 Å². The third-order valence-electron chi connectivity index (χ3n) is 3.66. The van der Waals surface area contributed by atoms with Crippen LogP contribution in [0.5, 0.6) is 0 Å². The first-order valence-electron chi connectivity index (χ1n) is 7.22. The molecule has 0 amide bonds. The summed E-state index contributed by atoms with van der Waals surface area (Å²) in [5, 5.41) is 3.69. The van der Waals surface area contributed by atoms with Gasteiger partial charge in [0.05, 0.1) is 6.61 Å². The Hall–Kier alpha value is -0.380. The van der Waals surface area contributed by atoms with Gasteiger partial charge < -0.3 is 10.1 Å². The fourth-order valence-electron chi connectivity index (χ4n) is 2.58. The van der Waals surface area contributed by atoms with E-state index in [4.69, 9.17) is 4.74 Å². The van der Waals surface area contributed by atoms with Crippen molar-refractivity contribution in [1.82, 2.24) is 5.32 Å². The van der Waals surface area contributed by atoms with Gasteiger partial charge in [-0.25, -0.2) is 0 Å². The zero-order valence-corrected chi connectivity index (χ0v) is 12.4. The highest BCUT2D eigenvalue weighted by Crippen LogP contribution is 2.24. The number of ether oxygens (including phenoxy) is 1. The summed E-state index contributed by atoms with van der Waals surface area (Å²) in [4.78, 5) is 3.02. The zero-order valence-electron chi connectivity index (χ0n) is 11.6. The van der Waals surface area contributed by atoms with E-state index in [1.54, 1.807) is 0 Å². The smallest absolute Gasteiger partial charge is 0.0512 e. The lowest BCUT2D eigenvalue weighted by molar-refractivity contribution is 0.0326. The maximum atomic E-state index is 5.66. The molecule has 1 saturated heterocycles. The van der Waals surface area contributed by atoms with Crippen molar-refractivity contribution in [3.8, 4) is 0 Å². The van der Waals surface area contributed by atoms with Gasteiger partial charge in [-0.2, -0.15) is 0 Å². The molecule has 1 fully saturated rings. The second kappa shape index (κ2) is 7.27. The lowest BCUT2D eigenvalue weighted by atomic mass is 9.92. The predicted molar refractivity (Wildman–Crippen MR) is 78.4 cm³/mol. The number of nitrogens with one attached hydrogen (secondary N) is 1. The third-order valence-corrected chi connectivity index (χ3v) is 4.91. The minimum absolute atomic E-state index is 0.644. The summed E-state index contributed by atoms with van der Waals surface area (Å²) in [6.07, 6.45) is 4.70. The van der Waals surface area contributed by atoms with Crippen LogP contribution in [0.25, 0.3) is 0 Å². The molecule has 0 radical (unpaired) electrons. The van der Waals surface area contributed by atoms with E-state index in [0.29, 0.717) is 12.0 Å². The molecular weight excluding hydrogens is 242 g/mol. The molecule has 0 spiro atoms. The van der Waals surface area contributed by atoms with Gasteiger partial charge in [-0.3, -0.25) is 0 Å². The van der Waals surface area contributed by atoms with Crippen molar-refractivity contribution >= 4 is 11.3 Å². The van der Waals surface area contributed by atoms with Crippen LogP contribution in [0.1, 0.15) is 36.4 Å². The Kier molecular flexibility index (Phi) is 5.67. The number of aryl methyl sites for hydroxylation is 1. The molecule has 2 unspecified atom stereocenters. The summed E-state index contributed by atoms with van der Waals surface area (Å²) in [6, 6.07) is 5.22. The Morgan fingerprint density at radius 3 is 2.89 bits per heavy atom. The number of rotatable bonds is 6. The molecular formula is C15H25NOS. The first-order valence-corrected chi connectivity index (χ1v) is 8.03. The van der Waals surface area contributed by atoms with E-state index in [9.17, 15) is 0 Å². The Balaban J connectivity index is 1.91. The van der Waals surface area contributed by atoms with Crippen LogP contribution in [0.2, 0.25) is 0 Å². The van der Waals surface area contributed by atoms with Crippen LogP contribution in [0.3, 0.4) is 0 Å². The van der Waals surface area contributed by atoms with Crippen molar-refractivity contribution in [2.75, 3.05) is 19.8 Å². The molecule has 2 rings (SSSR count). The van der Waals surface area contributed by atoms with Gasteiger partial charge >= 0.3 is 0 Å². The van der Waals surface area contributed by atoms with Gasteiger partial charge in [0, 0.05) is 28.3 Å². The van der Waals surface area contributed by atoms with Gasteiger partial charge in [-0.15, -0.1) is 11.3 Å². The van der Waals surface area contributed by atoms with Crippen molar-refractivity contribution < 1.29 is 4.74 Å². The van der Waals surface area contributed by atoms with Crippen molar-refractivity contribution in [3.05, 3.63) is 21.9 Å². The maximum absolute atomic E-state index is 5.66. The number of thiophene rings is 1. The quantitative estimate of drug-likeness (QED) is 0.854. The largest absolute Gasteiger partial charge is 0.381 e. The van der Waals surface area contributed by atoms with Gasteiger partial charge in [-0.05, 0) is 44.4 Å². The fraction of sp³-hybridized carbons (Fsp3) is 0.733. The van der Waals surface area contributed by atoms with Gasteiger partial charge in [0.1, 0.15) is 0 Å². The molecule has 102 valence electrons. The van der Waals surface area contributed by atoms with Crippen molar-refractivity contribution in [2.24, 2.45) is 5.92 Å². The normalized spacial score (nSPS) is 24.3. The zero-order chi connectivity index (χ0) is 12.8. The van der Waals surface area contributed by atoms with Gasteiger partial charge in [0.2, 0.25) is 0 Å². The third kappa shape index (κ3) is 3.81. The molecule has 1 aliphatic rings. The molecule has 0 aromatic carbocycles. The van der Waals surface area contributed by atoms with Crippen molar-refractivity contribution in [2.45, 2.75) is 45.6 Å². The summed E-state index contributed by atoms with van der Waals surface area (Å²) in [5.74, 6) is 0.647. The molecule has 3 heteroatoms. The van der Waals surface area contributed by atoms with Crippen LogP contribution >= 0.6 is 11.3 Å². The highest BCUT2D eigenvalue weighted by atomic mass is 32.1. The second-order valence-electron chi connectivity index (χ2n) is 5.11. The average Bonchev–Trinajstić information content (AvgIpc) is 2.85. The minimum Gasteiger partial charge on any atom is -0.381 e. The first-order chi connectivity index (χ1) is 8.83. The summed E-state index contributed by atoms with van der Waals surface area (Å²) in [6.45, 7) is 7.42. The van der Waals surface area contributed by atoms with Crippen LogP contribution in [0.4, 0.5) is 0 Å². The predicted octanol–water partition coefficient (Wildman–Crippen LogP) is 3.26. The molecule has 1 aromatic heterocycles. The Bertz CT molecular complexity index is 350. The lowest BCUT2D eigenvalue weighted by Gasteiger charge is -2.32. The molecule has 2 nitrogen and oxygen atoms in total. The highest BCUT2D eigenvalue weighted by Gasteiger charge is 2.25. The highest BCUT2D eigenvalue weighted by molar-refractivity contribution is 7.11. The van der Waals surface area contributed by atoms with Crippen LogP contribution < -0.4 is 5.32 Å². The van der Waals surface area contributed by atoms with E-state index in [-0.39, 0.29) is 0 Å². The second-order valence-corrected chi connectivity index (χ2v) is 6.36. The molecule has 18 heavy (non-hydrogen) atoms. The number of hydrogen-bond donors (Lipinski definition) is 1. The molecule has 1 aliphatic heterocycles. The average molecular weight is 267 g/mol. The monoisotopic (exact) mass is 267 g/mol. The van der Waals surface area contributed by atoms with Gasteiger partial charge in [-0.1, -0.05) is 13.8 Å². The van der Waals surface area contributed by atoms with Crippen LogP contribution in [-0.4, -0.2) is 25.8 Å². The van der Waals surface area contributed by atoms with Crippen LogP contribution in [0, 0.1) is 5.92 Å². The molecule has 1 aromatic rings. The number of hydrogen-bond acceptors (Lipinski definition) is 3. The molecule has 2 heterocycles. The standard InChI is InChI=1S/C15H25NOS/c1-3-8-16-15-7-9-17-11-12(15)10-14-6-5-13(4-2)18-14/h5-6,12,15-16H,3-4,7-11H2,1-2H3. The molecule has 2 atom stereocenters. The van der Waals surface area contributed by atoms with E-state index in [1.165, 1.54) is 22.6 Å². The summed E-state index contributed by atoms with van der Waals surface area (Å²) >= 11 is 1.97. The van der Waals surface area contributed by atoms with Gasteiger partial charge in [0.15, 0.2) is 0 Å². The summed E-state index contributed by atoms with van der Waals surface area (Å²) in [5.41, 5.74) is 0. The molecule has 1 N–H and O–H groups in total. The molecule has 0 aliphatic carbocycles. The Morgan fingerprint density at radius 1 is 1.33 bits per heavy atom. The Labute approximate surface area is 115 Å². The van der Waals surface area contributed by atoms with Crippen molar-refractivity contribution in [3.63, 3.8) is 0 Å². The topological polar surface area (TPSA) is 21.3 Å². The van der Waals surface area contributed by atoms with E-state index < -0.39 is 0 Å². The minimum atomic E-state index is 0.644. The van der Waals surface area contributed by atoms with Crippen LogP contribution in [0.15, 0.2) is 12.1 Å². The maximum Gasteiger partial charge on any atom is 0.0512 e. The van der Waals surface area contributed by atoms with Crippen LogP contribution in [-0.2, 0) is 17.6 Å². The first kappa shape index (κ1) is 14.0. The fourth-order valence-corrected chi connectivity index (χ4v) is 3.63. The van der Waals surface area contributed by atoms with E-state index >= 15 is 0 Å². The summed E-state index contributed by atoms with van der Waals surface area (Å²) < 4.78 is 5.66. The van der Waals surface area contributed by atoms with Gasteiger partial charge in [0.25, 0.3) is 0 Å². The SMILES string of the molecule is CCCNC1CCOCC1Cc1ccc(CC)s1. The molecule has 0 saturated carbocycles. The molecule has 0 bridgehead atoms. The van der Waals surface area contributed by atoms with E-state index in [0.717, 1.165) is 32.6 Å². The Morgan fingerprint density at radius 2 is 2.17 bits per heavy atom. The lowest BCUT2D eigenvalue weighted by Crippen LogP contribution is -2.43. The van der Waals surface area contributed by atoms with Crippen molar-refractivity contribution in [1.29, 1.82) is 0 Å². The summed E-state index contributed by atoms with van der Waals surface area (Å²) in [7, 11) is 0. The van der Waals surface area contributed by atoms with E-state index in [2.05, 4.69) is 31.3 Å².